The Morgan fingerprint density at radius 2 is 1.95 bits per heavy atom. The fourth-order valence-electron chi connectivity index (χ4n) is 2.03. The van der Waals surface area contributed by atoms with Crippen LogP contribution < -0.4 is 10.0 Å². The normalized spacial score (nSPS) is 16.8. The van der Waals surface area contributed by atoms with Crippen molar-refractivity contribution in [3.63, 3.8) is 0 Å². The highest BCUT2D eigenvalue weighted by Crippen LogP contribution is 2.22. The summed E-state index contributed by atoms with van der Waals surface area (Å²) in [5.74, 6) is -0.394. The predicted octanol–water partition coefficient (Wildman–Crippen LogP) is 2.54. The smallest absolute Gasteiger partial charge is 0.240 e. The molecule has 2 N–H and O–H groups in total. The summed E-state index contributed by atoms with van der Waals surface area (Å²) < 4.78 is 41.0. The van der Waals surface area contributed by atoms with Gasteiger partial charge in [0, 0.05) is 23.7 Å². The van der Waals surface area contributed by atoms with Crippen LogP contribution in [0.2, 0.25) is 0 Å². The van der Waals surface area contributed by atoms with Gasteiger partial charge in [-0.3, -0.25) is 0 Å². The van der Waals surface area contributed by atoms with Crippen molar-refractivity contribution in [2.24, 2.45) is 0 Å². The molecule has 118 valence electrons. The minimum Gasteiger partial charge on any atom is -0.308 e. The predicted molar refractivity (Wildman–Crippen MR) is 81.0 cm³/mol. The molecule has 1 saturated carbocycles. The first-order valence-electron chi connectivity index (χ1n) is 7.23. The number of nitrogens with one attached hydrogen (secondary N) is 2. The molecular formula is C15H23FN2O2S. The second kappa shape index (κ2) is 6.02. The molecule has 0 bridgehead atoms. The van der Waals surface area contributed by atoms with Gasteiger partial charge in [-0.2, -0.15) is 0 Å². The molecule has 6 heteroatoms. The number of hydrogen-bond acceptors (Lipinski definition) is 3. The molecule has 0 unspecified atom stereocenters. The molecule has 21 heavy (non-hydrogen) atoms. The van der Waals surface area contributed by atoms with Gasteiger partial charge in [-0.25, -0.2) is 17.5 Å². The lowest BCUT2D eigenvalue weighted by Crippen LogP contribution is -2.39. The fourth-order valence-corrected chi connectivity index (χ4v) is 3.38. The van der Waals surface area contributed by atoms with Crippen LogP contribution in [0.4, 0.5) is 4.39 Å². The molecule has 0 radical (unpaired) electrons. The molecule has 1 aromatic carbocycles. The number of sulfonamides is 1. The van der Waals surface area contributed by atoms with E-state index < -0.39 is 15.8 Å². The van der Waals surface area contributed by atoms with Gasteiger partial charge >= 0.3 is 0 Å². The third-order valence-electron chi connectivity index (χ3n) is 3.56. The molecule has 4 nitrogen and oxygen atoms in total. The maximum Gasteiger partial charge on any atom is 0.240 e. The van der Waals surface area contributed by atoms with E-state index in [1.165, 1.54) is 18.2 Å². The molecule has 0 atom stereocenters. The molecule has 0 aromatic heterocycles. The third kappa shape index (κ3) is 4.49. The van der Waals surface area contributed by atoms with E-state index in [1.54, 1.807) is 0 Å². The average molecular weight is 314 g/mol. The quantitative estimate of drug-likeness (QED) is 0.878. The van der Waals surface area contributed by atoms with E-state index in [4.69, 9.17) is 0 Å². The Labute approximate surface area is 126 Å². The zero-order valence-corrected chi connectivity index (χ0v) is 13.6. The maximum atomic E-state index is 13.8. The molecule has 1 aromatic rings. The lowest BCUT2D eigenvalue weighted by Gasteiger charge is -2.26. The highest BCUT2D eigenvalue weighted by atomic mass is 32.2. The van der Waals surface area contributed by atoms with Crippen LogP contribution in [0.3, 0.4) is 0 Å². The van der Waals surface area contributed by atoms with Crippen LogP contribution in [0.5, 0.6) is 0 Å². The first kappa shape index (κ1) is 16.4. The Bertz CT molecular complexity index is 605. The van der Waals surface area contributed by atoms with Crippen LogP contribution in [0, 0.1) is 5.82 Å². The van der Waals surface area contributed by atoms with Gasteiger partial charge in [0.1, 0.15) is 5.82 Å². The molecule has 0 saturated heterocycles. The van der Waals surface area contributed by atoms with Gasteiger partial charge in [0.05, 0.1) is 4.90 Å². The number of benzene rings is 1. The summed E-state index contributed by atoms with van der Waals surface area (Å²) in [6.07, 6.45) is 2.80. The summed E-state index contributed by atoms with van der Waals surface area (Å²) in [6.45, 7) is 6.22. The molecule has 0 amide bonds. The largest absolute Gasteiger partial charge is 0.308 e. The van der Waals surface area contributed by atoms with Crippen molar-refractivity contribution in [3.05, 3.63) is 29.6 Å². The first-order valence-corrected chi connectivity index (χ1v) is 8.71. The average Bonchev–Trinajstić information content (AvgIpc) is 2.32. The second-order valence-corrected chi connectivity index (χ2v) is 8.32. The van der Waals surface area contributed by atoms with Gasteiger partial charge in [0.25, 0.3) is 0 Å². The highest BCUT2D eigenvalue weighted by Gasteiger charge is 2.25. The van der Waals surface area contributed by atoms with Crippen LogP contribution in [0.25, 0.3) is 0 Å². The number of hydrogen-bond donors (Lipinski definition) is 2. The van der Waals surface area contributed by atoms with Crippen molar-refractivity contribution in [1.29, 1.82) is 0 Å². The van der Waals surface area contributed by atoms with Gasteiger partial charge in [0.15, 0.2) is 0 Å². The van der Waals surface area contributed by atoms with Crippen LogP contribution in [-0.2, 0) is 16.6 Å². The van der Waals surface area contributed by atoms with Crippen molar-refractivity contribution < 1.29 is 12.8 Å². The van der Waals surface area contributed by atoms with E-state index in [0.29, 0.717) is 12.1 Å². The highest BCUT2D eigenvalue weighted by molar-refractivity contribution is 7.89. The van der Waals surface area contributed by atoms with E-state index in [-0.39, 0.29) is 16.5 Å². The molecule has 0 spiro atoms. The zero-order valence-electron chi connectivity index (χ0n) is 12.7. The van der Waals surface area contributed by atoms with E-state index in [9.17, 15) is 12.8 Å². The zero-order chi connectivity index (χ0) is 15.7. The third-order valence-corrected chi connectivity index (χ3v) is 5.08. The second-order valence-electron chi connectivity index (χ2n) is 6.61. The van der Waals surface area contributed by atoms with Crippen molar-refractivity contribution in [2.75, 3.05) is 0 Å². The van der Waals surface area contributed by atoms with Gasteiger partial charge in [-0.15, -0.1) is 0 Å². The number of halogens is 1. The lowest BCUT2D eigenvalue weighted by atomic mass is 9.94. The fraction of sp³-hybridized carbons (Fsp3) is 0.600. The van der Waals surface area contributed by atoms with Crippen molar-refractivity contribution in [1.82, 2.24) is 10.0 Å². The van der Waals surface area contributed by atoms with Crippen LogP contribution in [-0.4, -0.2) is 20.0 Å². The van der Waals surface area contributed by atoms with Gasteiger partial charge in [-0.05, 0) is 51.8 Å². The van der Waals surface area contributed by atoms with E-state index in [2.05, 4.69) is 10.0 Å². The van der Waals surface area contributed by atoms with Crippen molar-refractivity contribution in [3.8, 4) is 0 Å². The molecule has 0 aliphatic heterocycles. The Morgan fingerprint density at radius 1 is 1.29 bits per heavy atom. The Morgan fingerprint density at radius 3 is 2.48 bits per heavy atom. The molecule has 2 rings (SSSR count). The molecular weight excluding hydrogens is 291 g/mol. The van der Waals surface area contributed by atoms with Crippen LogP contribution in [0.15, 0.2) is 23.1 Å². The van der Waals surface area contributed by atoms with Gasteiger partial charge in [-0.1, -0.05) is 6.42 Å². The first-order chi connectivity index (χ1) is 9.67. The Hall–Kier alpha value is -0.980. The Kier molecular flexibility index (Phi) is 4.70. The topological polar surface area (TPSA) is 58.2 Å². The van der Waals surface area contributed by atoms with E-state index in [0.717, 1.165) is 19.3 Å². The van der Waals surface area contributed by atoms with E-state index in [1.807, 2.05) is 20.8 Å². The summed E-state index contributed by atoms with van der Waals surface area (Å²) in [6, 6.07) is 3.97. The molecule has 1 fully saturated rings. The summed E-state index contributed by atoms with van der Waals surface area (Å²) in [5, 5.41) is 3.17. The van der Waals surface area contributed by atoms with E-state index >= 15 is 0 Å². The van der Waals surface area contributed by atoms with Crippen molar-refractivity contribution in [2.45, 2.75) is 63.1 Å². The summed E-state index contributed by atoms with van der Waals surface area (Å²) >= 11 is 0. The minimum absolute atomic E-state index is 0.0243. The monoisotopic (exact) mass is 314 g/mol. The van der Waals surface area contributed by atoms with Crippen LogP contribution >= 0.6 is 0 Å². The SMILES string of the molecule is CC(C)(C)NCc1cc(S(=O)(=O)NC2CCC2)ccc1F. The minimum atomic E-state index is -3.56. The summed E-state index contributed by atoms with van der Waals surface area (Å²) in [5.41, 5.74) is 0.201. The van der Waals surface area contributed by atoms with Gasteiger partial charge in [0.2, 0.25) is 10.0 Å². The lowest BCUT2D eigenvalue weighted by molar-refractivity contribution is 0.383. The van der Waals surface area contributed by atoms with Gasteiger partial charge < -0.3 is 5.32 Å². The molecule has 1 aliphatic carbocycles. The van der Waals surface area contributed by atoms with Crippen molar-refractivity contribution >= 4 is 10.0 Å². The summed E-state index contributed by atoms with van der Waals surface area (Å²) in [7, 11) is -3.56. The standard InChI is InChI=1S/C15H23FN2O2S/c1-15(2,3)17-10-11-9-13(7-8-14(11)16)21(19,20)18-12-5-4-6-12/h7-9,12,17-18H,4-6,10H2,1-3H3. The Balaban J connectivity index is 2.17. The molecule has 1 aliphatic rings. The van der Waals surface area contributed by atoms with Crippen LogP contribution in [0.1, 0.15) is 45.6 Å². The number of rotatable bonds is 5. The summed E-state index contributed by atoms with van der Waals surface area (Å²) in [4.78, 5) is 0.126. The molecule has 0 heterocycles. The maximum absolute atomic E-state index is 13.8.